The fourth-order valence-corrected chi connectivity index (χ4v) is 2.49. The van der Waals surface area contributed by atoms with E-state index in [-0.39, 0.29) is 36.7 Å². The number of nitrogens with zero attached hydrogens (tertiary/aromatic N) is 1. The van der Waals surface area contributed by atoms with E-state index in [0.29, 0.717) is 13.1 Å². The monoisotopic (exact) mass is 323 g/mol. The quantitative estimate of drug-likeness (QED) is 0.812. The van der Waals surface area contributed by atoms with Crippen molar-refractivity contribution in [1.29, 1.82) is 0 Å². The molecule has 3 N–H and O–H groups in total. The molecule has 1 atom stereocenters. The van der Waals surface area contributed by atoms with Crippen LogP contribution in [0.4, 0.5) is 0 Å². The third kappa shape index (κ3) is 4.32. The zero-order chi connectivity index (χ0) is 15.2. The number of nitrogens with one attached hydrogen (secondary N) is 1. The predicted octanol–water partition coefficient (Wildman–Crippen LogP) is 1.84. The van der Waals surface area contributed by atoms with Crippen molar-refractivity contribution >= 4 is 30.3 Å². The predicted molar refractivity (Wildman–Crippen MR) is 89.3 cm³/mol. The lowest BCUT2D eigenvalue weighted by molar-refractivity contribution is -0.129. The Morgan fingerprint density at radius 2 is 2.05 bits per heavy atom. The van der Waals surface area contributed by atoms with Crippen molar-refractivity contribution in [2.45, 2.75) is 25.8 Å². The summed E-state index contributed by atoms with van der Waals surface area (Å²) in [5, 5.41) is 2.84. The molecule has 120 valence electrons. The van der Waals surface area contributed by atoms with Crippen LogP contribution in [0.25, 0.3) is 6.08 Å². The van der Waals surface area contributed by atoms with Gasteiger partial charge in [-0.2, -0.15) is 0 Å². The van der Waals surface area contributed by atoms with E-state index in [9.17, 15) is 9.59 Å². The van der Waals surface area contributed by atoms with Gasteiger partial charge in [0.1, 0.15) is 0 Å². The molecule has 0 saturated carbocycles. The Morgan fingerprint density at radius 3 is 2.73 bits per heavy atom. The normalized spacial score (nSPS) is 15.7. The first-order chi connectivity index (χ1) is 10.1. The van der Waals surface area contributed by atoms with Crippen LogP contribution in [0.5, 0.6) is 0 Å². The van der Waals surface area contributed by atoms with Crippen molar-refractivity contribution in [2.24, 2.45) is 5.73 Å². The van der Waals surface area contributed by atoms with Crippen molar-refractivity contribution < 1.29 is 9.59 Å². The maximum absolute atomic E-state index is 12.1. The van der Waals surface area contributed by atoms with Crippen LogP contribution < -0.4 is 11.1 Å². The molecule has 1 aliphatic heterocycles. The van der Waals surface area contributed by atoms with Crippen molar-refractivity contribution in [2.75, 3.05) is 13.1 Å². The van der Waals surface area contributed by atoms with Gasteiger partial charge < -0.3 is 16.0 Å². The number of rotatable bonds is 5. The minimum atomic E-state index is -0.249. The highest BCUT2D eigenvalue weighted by Gasteiger charge is 2.27. The summed E-state index contributed by atoms with van der Waals surface area (Å²) in [5.74, 6) is -0.134. The number of carbonyl (C=O) groups is 2. The van der Waals surface area contributed by atoms with Crippen LogP contribution in [0.1, 0.15) is 36.9 Å². The average molecular weight is 324 g/mol. The lowest BCUT2D eigenvalue weighted by Gasteiger charge is -2.32. The molecular weight excluding hydrogens is 302 g/mol. The van der Waals surface area contributed by atoms with Gasteiger partial charge in [-0.15, -0.1) is 12.4 Å². The fourth-order valence-electron chi connectivity index (χ4n) is 2.49. The Morgan fingerprint density at radius 1 is 1.32 bits per heavy atom. The van der Waals surface area contributed by atoms with Crippen molar-refractivity contribution in [1.82, 2.24) is 10.2 Å². The number of hydrogen-bond acceptors (Lipinski definition) is 3. The maximum atomic E-state index is 12.1. The van der Waals surface area contributed by atoms with Crippen molar-refractivity contribution in [3.63, 3.8) is 0 Å². The third-order valence-corrected chi connectivity index (χ3v) is 3.55. The van der Waals surface area contributed by atoms with Crippen LogP contribution >= 0.6 is 12.4 Å². The Bertz CT molecular complexity index is 560. The average Bonchev–Trinajstić information content (AvgIpc) is 2.47. The first-order valence-electron chi connectivity index (χ1n) is 7.16. The van der Waals surface area contributed by atoms with E-state index in [2.05, 4.69) is 5.32 Å². The van der Waals surface area contributed by atoms with E-state index >= 15 is 0 Å². The second-order valence-electron chi connectivity index (χ2n) is 5.08. The Balaban J connectivity index is 0.00000242. The van der Waals surface area contributed by atoms with Crippen LogP contribution in [-0.2, 0) is 9.59 Å². The molecule has 1 heterocycles. The second kappa shape index (κ2) is 8.56. The third-order valence-electron chi connectivity index (χ3n) is 3.55. The molecule has 2 amide bonds. The molecular formula is C16H22ClN3O2. The van der Waals surface area contributed by atoms with Gasteiger partial charge in [-0.05, 0) is 30.2 Å². The standard InChI is InChI=1S/C16H21N3O2.ClH/c1-12(20)19-10-7-13-5-2-3-6-14(13)15(19)11-16(21)18-9-4-8-17;/h2-3,5-7,10,15H,4,8-9,11,17H2,1H3,(H,18,21);1H. The van der Waals surface area contributed by atoms with Gasteiger partial charge in [0, 0.05) is 19.7 Å². The first-order valence-corrected chi connectivity index (χ1v) is 7.16. The molecule has 22 heavy (non-hydrogen) atoms. The summed E-state index contributed by atoms with van der Waals surface area (Å²) in [6.45, 7) is 2.63. The van der Waals surface area contributed by atoms with E-state index < -0.39 is 0 Å². The summed E-state index contributed by atoms with van der Waals surface area (Å²) in [4.78, 5) is 25.5. The van der Waals surface area contributed by atoms with Gasteiger partial charge in [0.05, 0.1) is 12.5 Å². The first kappa shape index (κ1) is 18.2. The van der Waals surface area contributed by atoms with Crippen molar-refractivity contribution in [3.05, 3.63) is 41.6 Å². The molecule has 5 nitrogen and oxygen atoms in total. The molecule has 0 fully saturated rings. The molecule has 0 bridgehead atoms. The van der Waals surface area contributed by atoms with Crippen LogP contribution in [0.15, 0.2) is 30.5 Å². The molecule has 1 unspecified atom stereocenters. The number of nitrogens with two attached hydrogens (primary N) is 1. The number of benzene rings is 1. The molecule has 0 aromatic heterocycles. The van der Waals surface area contributed by atoms with Crippen LogP contribution in [0, 0.1) is 0 Å². The van der Waals surface area contributed by atoms with Crippen LogP contribution in [0.3, 0.4) is 0 Å². The highest BCUT2D eigenvalue weighted by atomic mass is 35.5. The van der Waals surface area contributed by atoms with E-state index in [1.807, 2.05) is 30.3 Å². The highest BCUT2D eigenvalue weighted by Crippen LogP contribution is 2.32. The maximum Gasteiger partial charge on any atom is 0.223 e. The molecule has 2 rings (SSSR count). The largest absolute Gasteiger partial charge is 0.356 e. The molecule has 0 aliphatic carbocycles. The topological polar surface area (TPSA) is 75.4 Å². The summed E-state index contributed by atoms with van der Waals surface area (Å²) in [6, 6.07) is 7.58. The lowest BCUT2D eigenvalue weighted by Crippen LogP contribution is -2.35. The molecule has 6 heteroatoms. The zero-order valence-electron chi connectivity index (χ0n) is 12.6. The van der Waals surface area contributed by atoms with E-state index in [0.717, 1.165) is 17.5 Å². The number of hydrogen-bond donors (Lipinski definition) is 2. The summed E-state index contributed by atoms with van der Waals surface area (Å²) in [5.41, 5.74) is 7.47. The molecule has 0 saturated heterocycles. The number of halogens is 1. The van der Waals surface area contributed by atoms with Gasteiger partial charge in [-0.25, -0.2) is 0 Å². The molecule has 1 aliphatic rings. The van der Waals surface area contributed by atoms with Gasteiger partial charge in [0.2, 0.25) is 11.8 Å². The summed E-state index contributed by atoms with van der Waals surface area (Å²) >= 11 is 0. The number of fused-ring (bicyclic) bond motifs is 1. The fraction of sp³-hybridized carbons (Fsp3) is 0.375. The van der Waals surface area contributed by atoms with Gasteiger partial charge in [0.25, 0.3) is 0 Å². The van der Waals surface area contributed by atoms with Crippen molar-refractivity contribution in [3.8, 4) is 0 Å². The molecule has 1 aromatic carbocycles. The van der Waals surface area contributed by atoms with Gasteiger partial charge in [0.15, 0.2) is 0 Å². The minimum absolute atomic E-state index is 0. The van der Waals surface area contributed by atoms with Crippen LogP contribution in [-0.4, -0.2) is 29.8 Å². The van der Waals surface area contributed by atoms with E-state index in [1.165, 1.54) is 6.92 Å². The van der Waals surface area contributed by atoms with Gasteiger partial charge >= 0.3 is 0 Å². The highest BCUT2D eigenvalue weighted by molar-refractivity contribution is 5.85. The Kier molecular flexibility index (Phi) is 7.08. The zero-order valence-corrected chi connectivity index (χ0v) is 13.4. The number of amides is 2. The Hall–Kier alpha value is -1.85. The summed E-state index contributed by atoms with van der Waals surface area (Å²) in [7, 11) is 0. The van der Waals surface area contributed by atoms with Gasteiger partial charge in [-0.1, -0.05) is 24.3 Å². The molecule has 1 aromatic rings. The molecule has 0 radical (unpaired) electrons. The summed E-state index contributed by atoms with van der Waals surface area (Å²) < 4.78 is 0. The van der Waals surface area contributed by atoms with E-state index in [4.69, 9.17) is 5.73 Å². The second-order valence-corrected chi connectivity index (χ2v) is 5.08. The smallest absolute Gasteiger partial charge is 0.223 e. The SMILES string of the molecule is CC(=O)N1C=Cc2ccccc2C1CC(=O)NCCCN.Cl. The minimum Gasteiger partial charge on any atom is -0.356 e. The van der Waals surface area contributed by atoms with E-state index in [1.54, 1.807) is 11.1 Å². The number of carbonyl (C=O) groups excluding carboxylic acids is 2. The van der Waals surface area contributed by atoms with Crippen LogP contribution in [0.2, 0.25) is 0 Å². The summed E-state index contributed by atoms with van der Waals surface area (Å²) in [6.07, 6.45) is 4.66. The lowest BCUT2D eigenvalue weighted by atomic mass is 9.93. The molecule has 0 spiro atoms. The van der Waals surface area contributed by atoms with Gasteiger partial charge in [-0.3, -0.25) is 9.59 Å². The Labute approximate surface area is 137 Å².